The first kappa shape index (κ1) is 19.8. The largest absolute Gasteiger partial charge is 0.497 e. The van der Waals surface area contributed by atoms with Crippen molar-refractivity contribution in [2.24, 2.45) is 0 Å². The zero-order valence-corrected chi connectivity index (χ0v) is 16.5. The van der Waals surface area contributed by atoms with Gasteiger partial charge in [0.05, 0.1) is 12.1 Å². The smallest absolute Gasteiger partial charge is 0.344 e. The van der Waals surface area contributed by atoms with E-state index in [1.54, 1.807) is 31.2 Å². The maximum Gasteiger partial charge on any atom is 0.344 e. The van der Waals surface area contributed by atoms with Crippen molar-refractivity contribution < 1.29 is 18.7 Å². The number of methoxy groups -OCH3 is 1. The Hall–Kier alpha value is -2.91. The average molecular weight is 423 g/mol. The number of amides is 3. The second-order valence-corrected chi connectivity index (χ2v) is 6.94. The predicted octanol–water partition coefficient (Wildman–Crippen LogP) is 3.16. The molecule has 7 nitrogen and oxygen atoms in total. The molecule has 1 aliphatic heterocycles. The summed E-state index contributed by atoms with van der Waals surface area (Å²) in [5.41, 5.74) is 2.19. The minimum absolute atomic E-state index is 0.0407. The number of imide groups is 1. The number of nitrogens with zero attached hydrogens (tertiary/aromatic N) is 1. The van der Waals surface area contributed by atoms with E-state index in [-0.39, 0.29) is 10.1 Å². The summed E-state index contributed by atoms with van der Waals surface area (Å²) in [6.45, 7) is 1.58. The van der Waals surface area contributed by atoms with Crippen molar-refractivity contribution in [2.75, 3.05) is 12.4 Å². The van der Waals surface area contributed by atoms with E-state index < -0.39 is 23.3 Å². The summed E-state index contributed by atoms with van der Waals surface area (Å²) in [5, 5.41) is 6.03. The highest BCUT2D eigenvalue weighted by molar-refractivity contribution is 7.80. The van der Waals surface area contributed by atoms with Crippen LogP contribution in [0.3, 0.4) is 0 Å². The van der Waals surface area contributed by atoms with Gasteiger partial charge in [-0.05, 0) is 55.0 Å². The Kier molecular flexibility index (Phi) is 5.39. The molecule has 3 N–H and O–H groups in total. The van der Waals surface area contributed by atoms with E-state index in [1.165, 1.54) is 25.3 Å². The molecule has 10 heteroatoms. The highest BCUT2D eigenvalue weighted by Gasteiger charge is 2.50. The van der Waals surface area contributed by atoms with E-state index in [2.05, 4.69) is 16.1 Å². The van der Waals surface area contributed by atoms with Crippen molar-refractivity contribution in [3.05, 3.63) is 58.9 Å². The molecule has 1 atom stereocenters. The lowest BCUT2D eigenvalue weighted by Crippen LogP contribution is -2.49. The monoisotopic (exact) mass is 422 g/mol. The summed E-state index contributed by atoms with van der Waals surface area (Å²) in [6.07, 6.45) is 0. The van der Waals surface area contributed by atoms with Gasteiger partial charge >= 0.3 is 6.03 Å². The van der Waals surface area contributed by atoms with Crippen molar-refractivity contribution in [2.45, 2.75) is 12.5 Å². The average Bonchev–Trinajstić information content (AvgIpc) is 2.89. The van der Waals surface area contributed by atoms with Crippen LogP contribution in [0.25, 0.3) is 0 Å². The van der Waals surface area contributed by atoms with Gasteiger partial charge in [0.15, 0.2) is 5.11 Å². The van der Waals surface area contributed by atoms with Gasteiger partial charge in [0.25, 0.3) is 5.91 Å². The summed E-state index contributed by atoms with van der Waals surface area (Å²) in [7, 11) is 1.51. The lowest BCUT2D eigenvalue weighted by Gasteiger charge is -2.23. The Labute approximate surface area is 170 Å². The van der Waals surface area contributed by atoms with Crippen LogP contribution in [0.15, 0.2) is 42.5 Å². The number of halogens is 2. The van der Waals surface area contributed by atoms with E-state index in [0.717, 1.165) is 5.01 Å². The van der Waals surface area contributed by atoms with Gasteiger partial charge in [-0.2, -0.15) is 5.01 Å². The molecule has 1 fully saturated rings. The topological polar surface area (TPSA) is 82.7 Å². The summed E-state index contributed by atoms with van der Waals surface area (Å²) in [6, 6.07) is 10.1. The molecule has 0 saturated carbocycles. The Morgan fingerprint density at radius 3 is 2.71 bits per heavy atom. The van der Waals surface area contributed by atoms with Gasteiger partial charge in [0.1, 0.15) is 17.1 Å². The van der Waals surface area contributed by atoms with E-state index in [4.69, 9.17) is 28.6 Å². The molecule has 28 heavy (non-hydrogen) atoms. The molecule has 1 heterocycles. The van der Waals surface area contributed by atoms with E-state index >= 15 is 0 Å². The Balaban J connectivity index is 1.75. The molecule has 146 valence electrons. The molecule has 3 amide bonds. The van der Waals surface area contributed by atoms with Crippen molar-refractivity contribution in [1.82, 2.24) is 15.8 Å². The number of nitrogens with one attached hydrogen (secondary N) is 3. The molecule has 3 rings (SSSR count). The van der Waals surface area contributed by atoms with Crippen LogP contribution in [0.4, 0.5) is 14.9 Å². The number of hydrogen-bond acceptors (Lipinski definition) is 4. The second-order valence-electron chi connectivity index (χ2n) is 6.12. The SMILES string of the molecule is COc1cccc([C@]2(C)NC(=O)N(NC(=S)Nc3ccc(F)c(Cl)c3)C2=O)c1. The Morgan fingerprint density at radius 2 is 2.04 bits per heavy atom. The molecule has 0 bridgehead atoms. The Bertz CT molecular complexity index is 974. The van der Waals surface area contributed by atoms with Crippen LogP contribution in [0.1, 0.15) is 12.5 Å². The van der Waals surface area contributed by atoms with Gasteiger partial charge in [-0.15, -0.1) is 0 Å². The number of urea groups is 1. The number of ether oxygens (including phenoxy) is 1. The fourth-order valence-corrected chi connectivity index (χ4v) is 3.09. The van der Waals surface area contributed by atoms with Gasteiger partial charge in [-0.3, -0.25) is 10.2 Å². The third-order valence-corrected chi connectivity index (χ3v) is 4.71. The van der Waals surface area contributed by atoms with Gasteiger partial charge in [-0.25, -0.2) is 9.18 Å². The third-order valence-electron chi connectivity index (χ3n) is 4.23. The minimum Gasteiger partial charge on any atom is -0.497 e. The predicted molar refractivity (Wildman–Crippen MR) is 106 cm³/mol. The molecule has 1 saturated heterocycles. The number of thiocarbonyl (C=S) groups is 1. The van der Waals surface area contributed by atoms with Crippen molar-refractivity contribution in [1.29, 1.82) is 0 Å². The number of rotatable bonds is 4. The zero-order valence-electron chi connectivity index (χ0n) is 14.9. The first-order chi connectivity index (χ1) is 13.2. The maximum atomic E-state index is 13.2. The number of carbonyl (C=O) groups excluding carboxylic acids is 2. The van der Waals surface area contributed by atoms with E-state index in [9.17, 15) is 14.0 Å². The summed E-state index contributed by atoms with van der Waals surface area (Å²) >= 11 is 10.9. The van der Waals surface area contributed by atoms with Crippen LogP contribution in [0.2, 0.25) is 5.02 Å². The first-order valence-electron chi connectivity index (χ1n) is 8.08. The van der Waals surface area contributed by atoms with Gasteiger partial charge in [0.2, 0.25) is 0 Å². The quantitative estimate of drug-likeness (QED) is 0.518. The number of carbonyl (C=O) groups is 2. The van der Waals surface area contributed by atoms with Crippen molar-refractivity contribution >= 4 is 46.6 Å². The number of anilines is 1. The van der Waals surface area contributed by atoms with Gasteiger partial charge in [0, 0.05) is 5.69 Å². The molecule has 2 aromatic rings. The Morgan fingerprint density at radius 1 is 1.29 bits per heavy atom. The summed E-state index contributed by atoms with van der Waals surface area (Å²) in [4.78, 5) is 25.3. The first-order valence-corrected chi connectivity index (χ1v) is 8.87. The van der Waals surface area contributed by atoms with Crippen molar-refractivity contribution in [3.8, 4) is 5.75 Å². The molecule has 2 aromatic carbocycles. The lowest BCUT2D eigenvalue weighted by molar-refractivity contribution is -0.132. The molecule has 1 aliphatic rings. The fourth-order valence-electron chi connectivity index (χ4n) is 2.70. The fraction of sp³-hybridized carbons (Fsp3) is 0.167. The number of hydrogen-bond donors (Lipinski definition) is 3. The molecule has 0 unspecified atom stereocenters. The van der Waals surface area contributed by atoms with Gasteiger partial charge < -0.3 is 15.4 Å². The van der Waals surface area contributed by atoms with Crippen LogP contribution >= 0.6 is 23.8 Å². The molecule has 0 radical (unpaired) electrons. The molecule has 0 aromatic heterocycles. The summed E-state index contributed by atoms with van der Waals surface area (Å²) in [5.74, 6) is -0.571. The second kappa shape index (κ2) is 7.61. The molecular formula is C18H16ClFN4O3S. The molecular weight excluding hydrogens is 407 g/mol. The lowest BCUT2D eigenvalue weighted by atomic mass is 9.92. The normalized spacial score (nSPS) is 18.6. The van der Waals surface area contributed by atoms with Gasteiger partial charge in [-0.1, -0.05) is 23.7 Å². The van der Waals surface area contributed by atoms with E-state index in [0.29, 0.717) is 17.0 Å². The van der Waals surface area contributed by atoms with E-state index in [1.807, 2.05) is 0 Å². The molecule has 0 aliphatic carbocycles. The minimum atomic E-state index is -1.30. The maximum absolute atomic E-state index is 13.2. The van der Waals surface area contributed by atoms with Crippen LogP contribution in [0.5, 0.6) is 5.75 Å². The van der Waals surface area contributed by atoms with Crippen LogP contribution < -0.4 is 20.8 Å². The van der Waals surface area contributed by atoms with Crippen LogP contribution in [-0.2, 0) is 10.3 Å². The standard InChI is InChI=1S/C18H16ClFN4O3S/c1-18(10-4-3-5-12(8-10)27-2)15(25)24(17(26)22-18)23-16(28)21-11-6-7-14(20)13(19)9-11/h3-9H,1-2H3,(H,22,26)(H2,21,23,28)/t18-/m0/s1. The summed E-state index contributed by atoms with van der Waals surface area (Å²) < 4.78 is 18.4. The highest BCUT2D eigenvalue weighted by atomic mass is 35.5. The highest BCUT2D eigenvalue weighted by Crippen LogP contribution is 2.30. The third kappa shape index (κ3) is 3.71. The molecule has 0 spiro atoms. The zero-order chi connectivity index (χ0) is 20.5. The van der Waals surface area contributed by atoms with Crippen molar-refractivity contribution in [3.63, 3.8) is 0 Å². The van der Waals surface area contributed by atoms with Crippen LogP contribution in [0, 0.1) is 5.82 Å². The number of benzene rings is 2. The number of hydrazine groups is 1. The van der Waals surface area contributed by atoms with Crippen LogP contribution in [-0.4, -0.2) is 29.2 Å².